The molecule has 5 rings (SSSR count). The van der Waals surface area contributed by atoms with Crippen LogP contribution in [0.1, 0.15) is 60.5 Å². The third kappa shape index (κ3) is 3.75. The average Bonchev–Trinajstić information content (AvgIpc) is 3.42. The number of aryl methyl sites for hydroxylation is 1. The van der Waals surface area contributed by atoms with Gasteiger partial charge >= 0.3 is 0 Å². The third-order valence-electron chi connectivity index (χ3n) is 8.99. The van der Waals surface area contributed by atoms with Crippen LogP contribution in [-0.2, 0) is 21.2 Å². The van der Waals surface area contributed by atoms with Gasteiger partial charge in [-0.1, -0.05) is 13.8 Å². The number of fused-ring (bicyclic) bond motifs is 3. The number of rotatable bonds is 8. The van der Waals surface area contributed by atoms with Crippen LogP contribution in [-0.4, -0.2) is 53.9 Å². The fourth-order valence-corrected chi connectivity index (χ4v) is 8.88. The first-order valence-corrected chi connectivity index (χ1v) is 14.3. The van der Waals surface area contributed by atoms with Crippen LogP contribution in [0.4, 0.5) is 0 Å². The first-order chi connectivity index (χ1) is 17.9. The van der Waals surface area contributed by atoms with Crippen molar-refractivity contribution in [3.63, 3.8) is 0 Å². The number of hydrogen-bond donors (Lipinski definition) is 0. The predicted molar refractivity (Wildman–Crippen MR) is 142 cm³/mol. The van der Waals surface area contributed by atoms with Crippen molar-refractivity contribution >= 4 is 32.6 Å². The summed E-state index contributed by atoms with van der Waals surface area (Å²) in [6, 6.07) is 4.82. The van der Waals surface area contributed by atoms with Crippen molar-refractivity contribution in [2.75, 3.05) is 20.0 Å². The zero-order chi connectivity index (χ0) is 27.6. The topological polar surface area (TPSA) is 117 Å². The minimum atomic E-state index is -4.17. The summed E-state index contributed by atoms with van der Waals surface area (Å²) >= 11 is 0. The van der Waals surface area contributed by atoms with E-state index in [4.69, 9.17) is 9.47 Å². The molecule has 0 radical (unpaired) electrons. The van der Waals surface area contributed by atoms with E-state index in [1.165, 1.54) is 7.11 Å². The highest BCUT2D eigenvalue weighted by atomic mass is 32.2. The molecule has 2 bridgehead atoms. The molecule has 1 aromatic carbocycles. The third-order valence-corrected chi connectivity index (χ3v) is 10.8. The second-order valence-corrected chi connectivity index (χ2v) is 12.9. The molecule has 2 aliphatic carbocycles. The second-order valence-electron chi connectivity index (χ2n) is 11.1. The van der Waals surface area contributed by atoms with E-state index < -0.39 is 26.6 Å². The number of nitrogens with zero attached hydrogens (tertiary/aromatic N) is 3. The number of imidazole rings is 1. The Morgan fingerprint density at radius 3 is 2.53 bits per heavy atom. The number of carbonyl (C=O) groups excluding carboxylic acids is 2. The quantitative estimate of drug-likeness (QED) is 0.393. The molecule has 10 heteroatoms. The van der Waals surface area contributed by atoms with Crippen molar-refractivity contribution in [2.45, 2.75) is 53.4 Å². The zero-order valence-electron chi connectivity index (χ0n) is 22.6. The van der Waals surface area contributed by atoms with Crippen LogP contribution in [0.2, 0.25) is 0 Å². The number of ketones is 2. The summed E-state index contributed by atoms with van der Waals surface area (Å²) in [5.74, 6) is 0.213. The fraction of sp³-hybridized carbons (Fsp3) is 0.500. The van der Waals surface area contributed by atoms with Crippen molar-refractivity contribution in [1.82, 2.24) is 13.9 Å². The summed E-state index contributed by atoms with van der Waals surface area (Å²) < 4.78 is 40.2. The number of benzene rings is 1. The zero-order valence-corrected chi connectivity index (χ0v) is 23.4. The number of aromatic nitrogens is 3. The molecule has 2 aromatic heterocycles. The van der Waals surface area contributed by atoms with Gasteiger partial charge in [0.1, 0.15) is 17.3 Å². The van der Waals surface area contributed by atoms with Gasteiger partial charge < -0.3 is 9.47 Å². The van der Waals surface area contributed by atoms with E-state index >= 15 is 0 Å². The molecule has 2 fully saturated rings. The van der Waals surface area contributed by atoms with Gasteiger partial charge in [0.15, 0.2) is 5.82 Å². The molecular weight excluding hydrogens is 506 g/mol. The maximum atomic E-state index is 14.2. The van der Waals surface area contributed by atoms with Gasteiger partial charge in [-0.15, -0.1) is 0 Å². The van der Waals surface area contributed by atoms with Gasteiger partial charge in [0, 0.05) is 29.8 Å². The van der Waals surface area contributed by atoms with Crippen molar-refractivity contribution in [3.8, 4) is 11.5 Å². The van der Waals surface area contributed by atoms with Gasteiger partial charge in [-0.05, 0) is 50.2 Å². The molecule has 2 atom stereocenters. The lowest BCUT2D eigenvalue weighted by Gasteiger charge is -2.36. The van der Waals surface area contributed by atoms with E-state index in [0.29, 0.717) is 41.1 Å². The summed E-state index contributed by atoms with van der Waals surface area (Å²) in [7, 11) is -1.11. The highest BCUT2D eigenvalue weighted by Crippen LogP contribution is 2.64. The lowest BCUT2D eigenvalue weighted by molar-refractivity contribution is -0.128. The monoisotopic (exact) mass is 539 g/mol. The Morgan fingerprint density at radius 1 is 1.18 bits per heavy atom. The summed E-state index contributed by atoms with van der Waals surface area (Å²) in [4.78, 5) is 35.8. The Balaban J connectivity index is 1.62. The summed E-state index contributed by atoms with van der Waals surface area (Å²) in [6.45, 7) is 7.67. The molecule has 2 saturated carbocycles. The summed E-state index contributed by atoms with van der Waals surface area (Å²) in [6.07, 6.45) is 3.22. The first kappa shape index (κ1) is 26.3. The molecular formula is C28H33N3O6S. The van der Waals surface area contributed by atoms with Gasteiger partial charge in [-0.25, -0.2) is 17.4 Å². The van der Waals surface area contributed by atoms with E-state index in [1.807, 2.05) is 27.7 Å². The molecule has 3 aromatic rings. The largest absolute Gasteiger partial charge is 0.497 e. The van der Waals surface area contributed by atoms with Crippen molar-refractivity contribution in [1.29, 1.82) is 0 Å². The second kappa shape index (κ2) is 8.90. The van der Waals surface area contributed by atoms with E-state index in [0.717, 1.165) is 16.0 Å². The standard InChI is InChI=1S/C28H33N3O6S/c1-16-14-29-20(17(2)25(16)37-6)13-23(32)26-30-21-12-19(36-5)7-8-22(21)31(26)38(34,35)15-28-10-9-18(11-24(28)33)27(28,3)4/h7-8,12,14,18H,9-11,13,15H2,1-6H3. The van der Waals surface area contributed by atoms with Gasteiger partial charge in [-0.3, -0.25) is 14.6 Å². The van der Waals surface area contributed by atoms with Crippen molar-refractivity contribution < 1.29 is 27.5 Å². The number of carbonyl (C=O) groups is 2. The molecule has 0 spiro atoms. The summed E-state index contributed by atoms with van der Waals surface area (Å²) in [5.41, 5.74) is 1.19. The van der Waals surface area contributed by atoms with Gasteiger partial charge in [0.25, 0.3) is 0 Å². The van der Waals surface area contributed by atoms with Crippen LogP contribution in [0.15, 0.2) is 24.4 Å². The van der Waals surface area contributed by atoms with Crippen LogP contribution >= 0.6 is 0 Å². The molecule has 0 N–H and O–H groups in total. The van der Waals surface area contributed by atoms with Crippen molar-refractivity contribution in [2.24, 2.45) is 16.7 Å². The predicted octanol–water partition coefficient (Wildman–Crippen LogP) is 4.06. The molecule has 0 amide bonds. The Hall–Kier alpha value is -3.27. The molecule has 2 heterocycles. The molecule has 0 saturated heterocycles. The number of hydrogen-bond acceptors (Lipinski definition) is 8. The van der Waals surface area contributed by atoms with E-state index in [1.54, 1.807) is 31.5 Å². The van der Waals surface area contributed by atoms with Gasteiger partial charge in [0.2, 0.25) is 15.8 Å². The molecule has 9 nitrogen and oxygen atoms in total. The van der Waals surface area contributed by atoms with Crippen LogP contribution in [0.25, 0.3) is 11.0 Å². The Labute approximate surface area is 222 Å². The van der Waals surface area contributed by atoms with E-state index in [-0.39, 0.29) is 35.2 Å². The van der Waals surface area contributed by atoms with Crippen LogP contribution in [0, 0.1) is 30.6 Å². The van der Waals surface area contributed by atoms with Crippen molar-refractivity contribution in [3.05, 3.63) is 47.0 Å². The van der Waals surface area contributed by atoms with Crippen LogP contribution < -0.4 is 9.47 Å². The Bertz CT molecular complexity index is 1590. The summed E-state index contributed by atoms with van der Waals surface area (Å²) in [5, 5.41) is 0. The number of Topliss-reactive ketones (excluding diaryl/α,β-unsaturated/α-hetero) is 2. The van der Waals surface area contributed by atoms with E-state index in [2.05, 4.69) is 9.97 Å². The average molecular weight is 540 g/mol. The lowest BCUT2D eigenvalue weighted by atomic mass is 9.70. The highest BCUT2D eigenvalue weighted by molar-refractivity contribution is 7.90. The van der Waals surface area contributed by atoms with E-state index in [9.17, 15) is 18.0 Å². The van der Waals surface area contributed by atoms with Crippen LogP contribution in [0.3, 0.4) is 0 Å². The Morgan fingerprint density at radius 2 is 1.92 bits per heavy atom. The Kier molecular flexibility index (Phi) is 6.17. The maximum absolute atomic E-state index is 14.2. The number of methoxy groups -OCH3 is 2. The molecule has 2 unspecified atom stereocenters. The smallest absolute Gasteiger partial charge is 0.241 e. The van der Waals surface area contributed by atoms with Crippen LogP contribution in [0.5, 0.6) is 11.5 Å². The minimum Gasteiger partial charge on any atom is -0.497 e. The minimum absolute atomic E-state index is 0.00660. The molecule has 38 heavy (non-hydrogen) atoms. The van der Waals surface area contributed by atoms with Gasteiger partial charge in [-0.2, -0.15) is 0 Å². The highest BCUT2D eigenvalue weighted by Gasteiger charge is 2.65. The maximum Gasteiger partial charge on any atom is 0.241 e. The number of pyridine rings is 1. The lowest BCUT2D eigenvalue weighted by Crippen LogP contribution is -2.43. The molecule has 0 aliphatic heterocycles. The normalized spacial score (nSPS) is 22.3. The first-order valence-electron chi connectivity index (χ1n) is 12.7. The number of ether oxygens (including phenoxy) is 2. The molecule has 2 aliphatic rings. The fourth-order valence-electron chi connectivity index (χ4n) is 6.59. The molecule has 202 valence electrons. The van der Waals surface area contributed by atoms with Gasteiger partial charge in [0.05, 0.1) is 48.5 Å². The SMILES string of the molecule is COc1ccc2c(c1)nc(C(=O)Cc1ncc(C)c(OC)c1C)n2S(=O)(=O)CC12CCC(CC1=O)C2(C)C.